The standard InChI is InChI=1S/C26H30F3N3O2/c1-16-10-18-5-8-32(15-20(18)11-17(16)2)26(34)19-4-3-7-31(14-19)9-6-30-25(33)21-12-23(28)24(29)13-22(21)27/h10-13,19H,3-9,14-15H2,1-2H3,(H,30,33). The number of nitrogens with zero attached hydrogens (tertiary/aromatic N) is 2. The van der Waals surface area contributed by atoms with Crippen molar-refractivity contribution < 1.29 is 22.8 Å². The number of benzene rings is 2. The number of likely N-dealkylation sites (tertiary alicyclic amines) is 1. The van der Waals surface area contributed by atoms with Crippen LogP contribution in [0.15, 0.2) is 24.3 Å². The summed E-state index contributed by atoms with van der Waals surface area (Å²) < 4.78 is 40.2. The van der Waals surface area contributed by atoms with Gasteiger partial charge in [-0.25, -0.2) is 13.2 Å². The SMILES string of the molecule is Cc1cc2c(cc1C)CN(C(=O)C1CCCN(CCNC(=O)c3cc(F)c(F)cc3F)C1)CC2. The highest BCUT2D eigenvalue weighted by molar-refractivity contribution is 5.94. The summed E-state index contributed by atoms with van der Waals surface area (Å²) in [5.74, 6) is -4.43. The Bertz CT molecular complexity index is 1110. The molecule has 0 aliphatic carbocycles. The quantitative estimate of drug-likeness (QED) is 0.673. The minimum atomic E-state index is -1.33. The first-order valence-corrected chi connectivity index (χ1v) is 11.8. The molecule has 2 aliphatic heterocycles. The van der Waals surface area contributed by atoms with Gasteiger partial charge in [-0.2, -0.15) is 0 Å². The van der Waals surface area contributed by atoms with Crippen LogP contribution < -0.4 is 5.32 Å². The minimum Gasteiger partial charge on any atom is -0.351 e. The molecule has 0 aromatic heterocycles. The second-order valence-corrected chi connectivity index (χ2v) is 9.36. The summed E-state index contributed by atoms with van der Waals surface area (Å²) in [5.41, 5.74) is 4.54. The van der Waals surface area contributed by atoms with E-state index < -0.39 is 28.9 Å². The molecule has 8 heteroatoms. The summed E-state index contributed by atoms with van der Waals surface area (Å²) in [7, 11) is 0. The van der Waals surface area contributed by atoms with E-state index in [1.807, 2.05) is 4.90 Å². The monoisotopic (exact) mass is 473 g/mol. The van der Waals surface area contributed by atoms with Gasteiger partial charge in [-0.3, -0.25) is 9.59 Å². The number of hydrogen-bond donors (Lipinski definition) is 1. The van der Waals surface area contributed by atoms with Crippen LogP contribution in [0.5, 0.6) is 0 Å². The molecule has 2 aromatic rings. The predicted octanol–water partition coefficient (Wildman–Crippen LogP) is 3.75. The van der Waals surface area contributed by atoms with Crippen LogP contribution in [0.1, 0.15) is 45.5 Å². The van der Waals surface area contributed by atoms with Gasteiger partial charge in [0.25, 0.3) is 5.91 Å². The fourth-order valence-electron chi connectivity index (χ4n) is 4.88. The van der Waals surface area contributed by atoms with Crippen LogP contribution in [0.2, 0.25) is 0 Å². The Labute approximate surface area is 197 Å². The Morgan fingerprint density at radius 2 is 1.68 bits per heavy atom. The molecule has 1 saturated heterocycles. The van der Waals surface area contributed by atoms with Crippen LogP contribution in [-0.2, 0) is 17.8 Å². The van der Waals surface area contributed by atoms with Gasteiger partial charge in [-0.15, -0.1) is 0 Å². The number of carbonyl (C=O) groups excluding carboxylic acids is 2. The maximum atomic E-state index is 13.8. The van der Waals surface area contributed by atoms with E-state index in [4.69, 9.17) is 0 Å². The van der Waals surface area contributed by atoms with Gasteiger partial charge >= 0.3 is 0 Å². The van der Waals surface area contributed by atoms with Crippen molar-refractivity contribution in [3.8, 4) is 0 Å². The molecule has 1 atom stereocenters. The summed E-state index contributed by atoms with van der Waals surface area (Å²) in [6.45, 7) is 7.68. The molecular weight excluding hydrogens is 443 g/mol. The Balaban J connectivity index is 1.29. The van der Waals surface area contributed by atoms with E-state index in [-0.39, 0.29) is 18.4 Å². The first-order valence-electron chi connectivity index (χ1n) is 11.8. The van der Waals surface area contributed by atoms with Crippen molar-refractivity contribution in [1.29, 1.82) is 0 Å². The van der Waals surface area contributed by atoms with E-state index in [2.05, 4.69) is 36.2 Å². The topological polar surface area (TPSA) is 52.7 Å². The Morgan fingerprint density at radius 3 is 2.44 bits per heavy atom. The van der Waals surface area contributed by atoms with E-state index in [1.165, 1.54) is 22.3 Å². The molecule has 2 aliphatic rings. The number of rotatable bonds is 5. The molecule has 1 N–H and O–H groups in total. The zero-order chi connectivity index (χ0) is 24.4. The van der Waals surface area contributed by atoms with Gasteiger partial charge in [0.05, 0.1) is 11.5 Å². The van der Waals surface area contributed by atoms with Gasteiger partial charge < -0.3 is 15.1 Å². The number of piperidine rings is 1. The largest absolute Gasteiger partial charge is 0.351 e. The van der Waals surface area contributed by atoms with Crippen molar-refractivity contribution in [1.82, 2.24) is 15.1 Å². The molecule has 182 valence electrons. The summed E-state index contributed by atoms with van der Waals surface area (Å²) in [6.07, 6.45) is 2.58. The number of carbonyl (C=O) groups is 2. The molecule has 0 spiro atoms. The Hall–Kier alpha value is -2.87. The minimum absolute atomic E-state index is 0.0961. The van der Waals surface area contributed by atoms with Gasteiger partial charge in [0.1, 0.15) is 5.82 Å². The fourth-order valence-corrected chi connectivity index (χ4v) is 4.88. The maximum absolute atomic E-state index is 13.8. The van der Waals surface area contributed by atoms with E-state index in [1.54, 1.807) is 0 Å². The van der Waals surface area contributed by atoms with Crippen LogP contribution in [0, 0.1) is 37.2 Å². The molecule has 0 radical (unpaired) electrons. The van der Waals surface area contributed by atoms with Crippen LogP contribution in [0.25, 0.3) is 0 Å². The van der Waals surface area contributed by atoms with E-state index in [0.29, 0.717) is 31.8 Å². The van der Waals surface area contributed by atoms with E-state index >= 15 is 0 Å². The average Bonchev–Trinajstić information content (AvgIpc) is 2.81. The first kappa shape index (κ1) is 24.3. The summed E-state index contributed by atoms with van der Waals surface area (Å²) in [4.78, 5) is 29.5. The van der Waals surface area contributed by atoms with Crippen molar-refractivity contribution >= 4 is 11.8 Å². The molecule has 5 nitrogen and oxygen atoms in total. The molecule has 34 heavy (non-hydrogen) atoms. The lowest BCUT2D eigenvalue weighted by Crippen LogP contribution is -2.47. The normalized spacial score (nSPS) is 18.5. The molecule has 1 unspecified atom stereocenters. The number of aryl methyl sites for hydroxylation is 2. The number of hydrogen-bond acceptors (Lipinski definition) is 3. The van der Waals surface area contributed by atoms with Crippen molar-refractivity contribution in [3.63, 3.8) is 0 Å². The fraction of sp³-hybridized carbons (Fsp3) is 0.462. The lowest BCUT2D eigenvalue weighted by atomic mass is 9.92. The van der Waals surface area contributed by atoms with Gasteiger partial charge in [-0.1, -0.05) is 12.1 Å². The number of nitrogens with one attached hydrogen (secondary N) is 1. The second-order valence-electron chi connectivity index (χ2n) is 9.36. The van der Waals surface area contributed by atoms with Gasteiger partial charge in [0.15, 0.2) is 11.6 Å². The molecular formula is C26H30F3N3O2. The van der Waals surface area contributed by atoms with E-state index in [9.17, 15) is 22.8 Å². The zero-order valence-corrected chi connectivity index (χ0v) is 19.6. The third-order valence-corrected chi connectivity index (χ3v) is 6.96. The molecule has 2 heterocycles. The zero-order valence-electron chi connectivity index (χ0n) is 19.6. The molecule has 4 rings (SSSR count). The van der Waals surface area contributed by atoms with Crippen molar-refractivity contribution in [3.05, 3.63) is 69.5 Å². The summed E-state index contributed by atoms with van der Waals surface area (Å²) in [6, 6.07) is 5.35. The lowest BCUT2D eigenvalue weighted by Gasteiger charge is -2.37. The highest BCUT2D eigenvalue weighted by Crippen LogP contribution is 2.26. The van der Waals surface area contributed by atoms with Crippen LogP contribution in [-0.4, -0.2) is 54.3 Å². The van der Waals surface area contributed by atoms with Gasteiger partial charge in [0, 0.05) is 38.8 Å². The van der Waals surface area contributed by atoms with Crippen molar-refractivity contribution in [2.45, 2.75) is 39.7 Å². The number of halogens is 3. The summed E-state index contributed by atoms with van der Waals surface area (Å²) in [5, 5.41) is 2.56. The number of fused-ring (bicyclic) bond motifs is 1. The molecule has 2 amide bonds. The molecule has 2 aromatic carbocycles. The van der Waals surface area contributed by atoms with Crippen molar-refractivity contribution in [2.75, 3.05) is 32.7 Å². The summed E-state index contributed by atoms with van der Waals surface area (Å²) >= 11 is 0. The second kappa shape index (κ2) is 10.2. The highest BCUT2D eigenvalue weighted by atomic mass is 19.2. The van der Waals surface area contributed by atoms with Crippen LogP contribution in [0.3, 0.4) is 0 Å². The average molecular weight is 474 g/mol. The smallest absolute Gasteiger partial charge is 0.254 e. The third-order valence-electron chi connectivity index (χ3n) is 6.96. The third kappa shape index (κ3) is 5.27. The van der Waals surface area contributed by atoms with Gasteiger partial charge in [-0.05, 0) is 68.0 Å². The Kier molecular flexibility index (Phi) is 7.26. The lowest BCUT2D eigenvalue weighted by molar-refractivity contribution is -0.138. The van der Waals surface area contributed by atoms with Gasteiger partial charge in [0.2, 0.25) is 5.91 Å². The van der Waals surface area contributed by atoms with Crippen LogP contribution >= 0.6 is 0 Å². The molecule has 0 saturated carbocycles. The predicted molar refractivity (Wildman–Crippen MR) is 123 cm³/mol. The Morgan fingerprint density at radius 1 is 0.971 bits per heavy atom. The highest BCUT2D eigenvalue weighted by Gasteiger charge is 2.31. The molecule has 0 bridgehead atoms. The van der Waals surface area contributed by atoms with E-state index in [0.717, 1.165) is 32.4 Å². The van der Waals surface area contributed by atoms with Crippen LogP contribution in [0.4, 0.5) is 13.2 Å². The van der Waals surface area contributed by atoms with Crippen molar-refractivity contribution in [2.24, 2.45) is 5.92 Å². The maximum Gasteiger partial charge on any atom is 0.254 e. The number of amides is 2. The first-order chi connectivity index (χ1) is 16.2. The molecule has 1 fully saturated rings.